The quantitative estimate of drug-likeness (QED) is 0.743. The van der Waals surface area contributed by atoms with Crippen molar-refractivity contribution >= 4 is 17.7 Å². The van der Waals surface area contributed by atoms with Crippen LogP contribution >= 0.6 is 0 Å². The van der Waals surface area contributed by atoms with E-state index in [-0.39, 0.29) is 35.8 Å². The Bertz CT molecular complexity index is 960. The van der Waals surface area contributed by atoms with Gasteiger partial charge in [-0.05, 0) is 23.8 Å². The average Bonchev–Trinajstić information content (AvgIpc) is 3.02. The van der Waals surface area contributed by atoms with Gasteiger partial charge in [0.15, 0.2) is 0 Å². The molecule has 1 aliphatic heterocycles. The Morgan fingerprint density at radius 3 is 2.48 bits per heavy atom. The predicted octanol–water partition coefficient (Wildman–Crippen LogP) is 3.50. The summed E-state index contributed by atoms with van der Waals surface area (Å²) in [7, 11) is 0. The minimum Gasteiger partial charge on any atom is -0.442 e. The van der Waals surface area contributed by atoms with Crippen molar-refractivity contribution < 1.29 is 27.5 Å². The van der Waals surface area contributed by atoms with Crippen molar-refractivity contribution in [1.29, 1.82) is 0 Å². The van der Waals surface area contributed by atoms with Gasteiger partial charge in [-0.25, -0.2) is 18.0 Å². The van der Waals surface area contributed by atoms with E-state index in [1.165, 1.54) is 19.1 Å². The molecule has 2 aromatic rings. The van der Waals surface area contributed by atoms with Crippen LogP contribution in [0.2, 0.25) is 0 Å². The van der Waals surface area contributed by atoms with Crippen molar-refractivity contribution in [2.45, 2.75) is 19.6 Å². The van der Waals surface area contributed by atoms with Gasteiger partial charge < -0.3 is 10.1 Å². The number of cyclic esters (lactones) is 1. The molecule has 7 nitrogen and oxygen atoms in total. The van der Waals surface area contributed by atoms with Crippen LogP contribution in [-0.4, -0.2) is 31.2 Å². The van der Waals surface area contributed by atoms with E-state index in [1.54, 1.807) is 0 Å². The van der Waals surface area contributed by atoms with E-state index < -0.39 is 41.8 Å². The molecule has 152 valence electrons. The zero-order valence-electron chi connectivity index (χ0n) is 15.2. The Labute approximate surface area is 163 Å². The first-order valence-electron chi connectivity index (χ1n) is 8.59. The summed E-state index contributed by atoms with van der Waals surface area (Å²) in [6.07, 6.45) is -1.46. The lowest BCUT2D eigenvalue weighted by atomic mass is 10.0. The van der Waals surface area contributed by atoms with Crippen molar-refractivity contribution in [3.63, 3.8) is 0 Å². The summed E-state index contributed by atoms with van der Waals surface area (Å²) in [5.41, 5.74) is -0.598. The molecule has 2 amide bonds. The topological polar surface area (TPSA) is 88.1 Å². The summed E-state index contributed by atoms with van der Waals surface area (Å²) in [5.74, 6) is -3.12. The molecule has 29 heavy (non-hydrogen) atoms. The summed E-state index contributed by atoms with van der Waals surface area (Å²) < 4.78 is 48.3. The Hall–Kier alpha value is -3.43. The normalized spacial score (nSPS) is 15.9. The molecular formula is C19H16F3N3O4. The van der Waals surface area contributed by atoms with E-state index in [0.717, 1.165) is 23.1 Å². The minimum absolute atomic E-state index is 0.000635. The van der Waals surface area contributed by atoms with Gasteiger partial charge in [0.05, 0.1) is 24.3 Å². The lowest BCUT2D eigenvalue weighted by Gasteiger charge is -2.15. The highest BCUT2D eigenvalue weighted by Gasteiger charge is 2.33. The Morgan fingerprint density at radius 2 is 1.90 bits per heavy atom. The lowest BCUT2D eigenvalue weighted by Crippen LogP contribution is -2.33. The van der Waals surface area contributed by atoms with Crippen LogP contribution in [0.25, 0.3) is 11.1 Å². The number of carbonyl (C=O) groups is 2. The minimum atomic E-state index is -1.00. The molecule has 0 radical (unpaired) electrons. The largest absolute Gasteiger partial charge is 0.442 e. The predicted molar refractivity (Wildman–Crippen MR) is 97.5 cm³/mol. The number of carbonyl (C=O) groups excluding carboxylic acids is 2. The monoisotopic (exact) mass is 407 g/mol. The number of nitrogens with one attached hydrogen (secondary N) is 1. The van der Waals surface area contributed by atoms with Gasteiger partial charge >= 0.3 is 6.09 Å². The van der Waals surface area contributed by atoms with Crippen LogP contribution in [0.4, 0.5) is 23.7 Å². The van der Waals surface area contributed by atoms with Gasteiger partial charge in [-0.2, -0.15) is 4.91 Å². The molecule has 1 aliphatic rings. The summed E-state index contributed by atoms with van der Waals surface area (Å²) in [4.78, 5) is 34.3. The van der Waals surface area contributed by atoms with Crippen LogP contribution in [0, 0.1) is 22.4 Å². The molecule has 10 heteroatoms. The molecule has 1 fully saturated rings. The zero-order chi connectivity index (χ0) is 21.1. The van der Waals surface area contributed by atoms with Crippen molar-refractivity contribution in [3.8, 4) is 11.1 Å². The molecule has 3 rings (SSSR count). The molecule has 1 saturated heterocycles. The lowest BCUT2D eigenvalue weighted by molar-refractivity contribution is -0.119. The molecular weight excluding hydrogens is 391 g/mol. The fraction of sp³-hybridized carbons (Fsp3) is 0.263. The van der Waals surface area contributed by atoms with E-state index in [1.807, 2.05) is 0 Å². The first kappa shape index (κ1) is 20.3. The smallest absolute Gasteiger partial charge is 0.414 e. The van der Waals surface area contributed by atoms with Crippen molar-refractivity contribution in [2.75, 3.05) is 18.0 Å². The molecule has 1 N–H and O–H groups in total. The maximum absolute atomic E-state index is 14.6. The third kappa shape index (κ3) is 4.36. The van der Waals surface area contributed by atoms with Crippen LogP contribution < -0.4 is 10.2 Å². The maximum Gasteiger partial charge on any atom is 0.414 e. The van der Waals surface area contributed by atoms with Gasteiger partial charge in [0.1, 0.15) is 30.1 Å². The van der Waals surface area contributed by atoms with Crippen LogP contribution in [0.5, 0.6) is 0 Å². The number of nitrogens with zero attached hydrogens (tertiary/aromatic N) is 2. The third-order valence-electron chi connectivity index (χ3n) is 4.37. The Morgan fingerprint density at radius 1 is 1.21 bits per heavy atom. The zero-order valence-corrected chi connectivity index (χ0v) is 15.2. The number of benzene rings is 2. The van der Waals surface area contributed by atoms with Gasteiger partial charge in [0.2, 0.25) is 5.91 Å². The van der Waals surface area contributed by atoms with E-state index in [9.17, 15) is 27.7 Å². The van der Waals surface area contributed by atoms with Crippen molar-refractivity contribution in [3.05, 3.63) is 58.3 Å². The van der Waals surface area contributed by atoms with E-state index >= 15 is 0 Å². The second-order valence-electron chi connectivity index (χ2n) is 6.43. The molecule has 0 aliphatic carbocycles. The van der Waals surface area contributed by atoms with E-state index in [0.29, 0.717) is 0 Å². The first-order valence-corrected chi connectivity index (χ1v) is 8.59. The van der Waals surface area contributed by atoms with Crippen LogP contribution in [0.15, 0.2) is 35.5 Å². The van der Waals surface area contributed by atoms with Crippen molar-refractivity contribution in [1.82, 2.24) is 5.32 Å². The van der Waals surface area contributed by atoms with Gasteiger partial charge in [0, 0.05) is 12.5 Å². The molecule has 0 saturated carbocycles. The number of hydrogen-bond donors (Lipinski definition) is 1. The fourth-order valence-electron chi connectivity index (χ4n) is 2.99. The maximum atomic E-state index is 14.6. The van der Waals surface area contributed by atoms with E-state index in [4.69, 9.17) is 4.74 Å². The Kier molecular flexibility index (Phi) is 5.81. The number of hydrogen-bond acceptors (Lipinski definition) is 5. The van der Waals surface area contributed by atoms with Crippen LogP contribution in [0.3, 0.4) is 0 Å². The summed E-state index contributed by atoms with van der Waals surface area (Å²) in [6.45, 7) is 0.983. The van der Waals surface area contributed by atoms with Crippen LogP contribution in [-0.2, 0) is 16.1 Å². The summed E-state index contributed by atoms with van der Waals surface area (Å²) >= 11 is 0. The SMILES string of the molecule is CC(=O)NC[C@H]1CN(c2cc(F)c(-c3ccc(CN=O)c(F)c3)c(F)c2)C(=O)O1. The first-order chi connectivity index (χ1) is 13.8. The fourth-order valence-corrected chi connectivity index (χ4v) is 2.99. The second kappa shape index (κ2) is 8.29. The standard InChI is InChI=1S/C19H16F3N3O4/c1-10(26)23-8-14-9-25(19(27)29-14)13-5-16(21)18(17(22)6-13)11-2-3-12(7-24-28)15(20)4-11/h2-6,14H,7-9H2,1H3,(H,23,26)/t14-/m0/s1. The highest BCUT2D eigenvalue weighted by Crippen LogP contribution is 2.32. The van der Waals surface area contributed by atoms with Crippen molar-refractivity contribution in [2.24, 2.45) is 5.18 Å². The molecule has 0 bridgehead atoms. The van der Waals surface area contributed by atoms with E-state index in [2.05, 4.69) is 10.5 Å². The molecule has 0 aromatic heterocycles. The van der Waals surface area contributed by atoms with Gasteiger partial charge in [-0.3, -0.25) is 9.69 Å². The second-order valence-corrected chi connectivity index (χ2v) is 6.43. The van der Waals surface area contributed by atoms with Gasteiger partial charge in [-0.1, -0.05) is 17.3 Å². The molecule has 1 atom stereocenters. The number of amides is 2. The van der Waals surface area contributed by atoms with Gasteiger partial charge in [-0.15, -0.1) is 0 Å². The number of ether oxygens (including phenoxy) is 1. The van der Waals surface area contributed by atoms with Gasteiger partial charge in [0.25, 0.3) is 0 Å². The van der Waals surface area contributed by atoms with Crippen LogP contribution in [0.1, 0.15) is 12.5 Å². The molecule has 0 unspecified atom stereocenters. The number of rotatable bonds is 6. The average molecular weight is 407 g/mol. The number of anilines is 1. The number of nitroso groups, excluding NO2 is 1. The molecule has 2 aromatic carbocycles. The molecule has 0 spiro atoms. The number of halogens is 3. The Balaban J connectivity index is 1.86. The molecule has 1 heterocycles. The third-order valence-corrected chi connectivity index (χ3v) is 4.37. The highest BCUT2D eigenvalue weighted by atomic mass is 19.1. The highest BCUT2D eigenvalue weighted by molar-refractivity contribution is 5.90. The summed E-state index contributed by atoms with van der Waals surface area (Å²) in [6, 6.07) is 5.30. The summed E-state index contributed by atoms with van der Waals surface area (Å²) in [5, 5.41) is 5.08.